The Morgan fingerprint density at radius 2 is 1.88 bits per heavy atom. The zero-order valence-corrected chi connectivity index (χ0v) is 10.2. The first-order valence-corrected chi connectivity index (χ1v) is 5.52. The number of phenolic OH excluding ortho intramolecular Hbond substituents is 1. The van der Waals surface area contributed by atoms with Crippen LogP contribution in [0, 0.1) is 0 Å². The monoisotopic (exact) mass is 236 g/mol. The first-order chi connectivity index (χ1) is 7.90. The minimum atomic E-state index is -1.55. The van der Waals surface area contributed by atoms with Gasteiger partial charge in [0.05, 0.1) is 5.56 Å². The molecule has 4 heteroatoms. The van der Waals surface area contributed by atoms with Crippen molar-refractivity contribution in [3.05, 3.63) is 28.8 Å². The summed E-state index contributed by atoms with van der Waals surface area (Å²) in [7, 11) is 0. The van der Waals surface area contributed by atoms with E-state index in [2.05, 4.69) is 0 Å². The predicted molar refractivity (Wildman–Crippen MR) is 63.5 cm³/mol. The number of carboxylic acids is 1. The van der Waals surface area contributed by atoms with Gasteiger partial charge in [-0.1, -0.05) is 32.9 Å². The summed E-state index contributed by atoms with van der Waals surface area (Å²) in [4.78, 5) is 22.4. The molecule has 0 fully saturated rings. The zero-order chi connectivity index (χ0) is 13.2. The molecule has 0 unspecified atom stereocenters. The molecule has 92 valence electrons. The van der Waals surface area contributed by atoms with Crippen LogP contribution in [-0.2, 0) is 11.2 Å². The van der Waals surface area contributed by atoms with Gasteiger partial charge in [0.1, 0.15) is 5.75 Å². The Bertz CT molecular complexity index is 461. The van der Waals surface area contributed by atoms with Gasteiger partial charge in [0.15, 0.2) is 0 Å². The molecular formula is C13H16O4. The quantitative estimate of drug-likeness (QED) is 0.621. The number of rotatable bonds is 4. The number of aromatic hydroxyl groups is 1. The van der Waals surface area contributed by atoms with Crippen LogP contribution >= 0.6 is 0 Å². The molecule has 2 N–H and O–H groups in total. The normalized spacial score (nSPS) is 10.6. The lowest BCUT2D eigenvalue weighted by atomic mass is 9.91. The lowest BCUT2D eigenvalue weighted by Crippen LogP contribution is -2.16. The van der Waals surface area contributed by atoms with Crippen molar-refractivity contribution >= 4 is 11.8 Å². The number of phenols is 1. The third kappa shape index (κ3) is 2.46. The summed E-state index contributed by atoms with van der Waals surface area (Å²) in [6, 6.07) is 3.43. The minimum absolute atomic E-state index is 0.0230. The van der Waals surface area contributed by atoms with Crippen LogP contribution < -0.4 is 0 Å². The van der Waals surface area contributed by atoms with Crippen molar-refractivity contribution in [3.63, 3.8) is 0 Å². The van der Waals surface area contributed by atoms with Crippen molar-refractivity contribution in [1.82, 2.24) is 0 Å². The van der Waals surface area contributed by atoms with Crippen LogP contribution in [0.5, 0.6) is 5.75 Å². The first kappa shape index (κ1) is 13.2. The highest BCUT2D eigenvalue weighted by atomic mass is 16.4. The van der Waals surface area contributed by atoms with E-state index < -0.39 is 11.8 Å². The molecule has 0 atom stereocenters. The Kier molecular flexibility index (Phi) is 3.89. The van der Waals surface area contributed by atoms with E-state index in [9.17, 15) is 14.7 Å². The van der Waals surface area contributed by atoms with Crippen LogP contribution in [-0.4, -0.2) is 22.0 Å². The van der Waals surface area contributed by atoms with Gasteiger partial charge < -0.3 is 10.2 Å². The van der Waals surface area contributed by atoms with Crippen molar-refractivity contribution in [1.29, 1.82) is 0 Å². The molecule has 0 amide bonds. The summed E-state index contributed by atoms with van der Waals surface area (Å²) < 4.78 is 0. The SMILES string of the molecule is CCc1ccc(C(C)C)c(C(=O)C(=O)O)c1O. The van der Waals surface area contributed by atoms with Crippen molar-refractivity contribution in [2.75, 3.05) is 0 Å². The second-order valence-electron chi connectivity index (χ2n) is 4.18. The summed E-state index contributed by atoms with van der Waals surface area (Å²) in [5.74, 6) is -2.83. The number of Topliss-reactive ketones (excluding diaryl/α,β-unsaturated/α-hetero) is 1. The van der Waals surface area contributed by atoms with Gasteiger partial charge in [-0.25, -0.2) is 4.79 Å². The number of carboxylic acid groups (broad SMARTS) is 1. The highest BCUT2D eigenvalue weighted by Gasteiger charge is 2.25. The average molecular weight is 236 g/mol. The van der Waals surface area contributed by atoms with E-state index in [1.165, 1.54) is 0 Å². The topological polar surface area (TPSA) is 74.6 Å². The summed E-state index contributed by atoms with van der Waals surface area (Å²) in [5, 5.41) is 18.7. The maximum Gasteiger partial charge on any atom is 0.377 e. The number of benzene rings is 1. The Balaban J connectivity index is 3.50. The smallest absolute Gasteiger partial charge is 0.377 e. The van der Waals surface area contributed by atoms with Crippen LogP contribution in [0.15, 0.2) is 12.1 Å². The van der Waals surface area contributed by atoms with Gasteiger partial charge in [0.2, 0.25) is 0 Å². The van der Waals surface area contributed by atoms with E-state index in [1.54, 1.807) is 12.1 Å². The summed E-state index contributed by atoms with van der Waals surface area (Å²) >= 11 is 0. The van der Waals surface area contributed by atoms with Gasteiger partial charge >= 0.3 is 5.97 Å². The first-order valence-electron chi connectivity index (χ1n) is 5.52. The van der Waals surface area contributed by atoms with Crippen molar-refractivity contribution < 1.29 is 19.8 Å². The van der Waals surface area contributed by atoms with E-state index >= 15 is 0 Å². The minimum Gasteiger partial charge on any atom is -0.507 e. The number of aryl methyl sites for hydroxylation is 1. The standard InChI is InChI=1S/C13H16O4/c1-4-8-5-6-9(7(2)3)10(11(8)14)12(15)13(16)17/h5-7,14H,4H2,1-3H3,(H,16,17). The number of carbonyl (C=O) groups is 2. The Morgan fingerprint density at radius 1 is 1.29 bits per heavy atom. The molecule has 0 aliphatic carbocycles. The lowest BCUT2D eigenvalue weighted by molar-refractivity contribution is -0.131. The molecule has 17 heavy (non-hydrogen) atoms. The maximum atomic E-state index is 11.6. The van der Waals surface area contributed by atoms with Crippen LogP contribution in [0.4, 0.5) is 0 Å². The summed E-state index contributed by atoms with van der Waals surface area (Å²) in [5.41, 5.74) is 1.07. The van der Waals surface area contributed by atoms with E-state index in [0.29, 0.717) is 17.5 Å². The number of ketones is 1. The average Bonchev–Trinajstić information content (AvgIpc) is 2.27. The van der Waals surface area contributed by atoms with Crippen LogP contribution in [0.1, 0.15) is 48.2 Å². The van der Waals surface area contributed by atoms with Gasteiger partial charge in [-0.15, -0.1) is 0 Å². The molecule has 0 bridgehead atoms. The summed E-state index contributed by atoms with van der Waals surface area (Å²) in [6.07, 6.45) is 0.546. The van der Waals surface area contributed by atoms with Crippen LogP contribution in [0.25, 0.3) is 0 Å². The Labute approximate surface area is 99.9 Å². The molecule has 1 rings (SSSR count). The van der Waals surface area contributed by atoms with E-state index in [-0.39, 0.29) is 17.2 Å². The van der Waals surface area contributed by atoms with Gasteiger partial charge in [-0.3, -0.25) is 4.79 Å². The van der Waals surface area contributed by atoms with Crippen molar-refractivity contribution in [2.45, 2.75) is 33.1 Å². The molecule has 0 saturated carbocycles. The Hall–Kier alpha value is -1.84. The molecular weight excluding hydrogens is 220 g/mol. The number of hydrogen-bond acceptors (Lipinski definition) is 3. The lowest BCUT2D eigenvalue weighted by Gasteiger charge is -2.14. The molecule has 0 spiro atoms. The predicted octanol–water partition coefficient (Wildman–Crippen LogP) is 2.35. The maximum absolute atomic E-state index is 11.6. The van der Waals surface area contributed by atoms with Crippen LogP contribution in [0.2, 0.25) is 0 Å². The largest absolute Gasteiger partial charge is 0.507 e. The zero-order valence-electron chi connectivity index (χ0n) is 10.2. The molecule has 0 saturated heterocycles. The molecule has 0 aliphatic heterocycles. The highest BCUT2D eigenvalue weighted by Crippen LogP contribution is 2.31. The molecule has 0 aromatic heterocycles. The van der Waals surface area contributed by atoms with Gasteiger partial charge in [-0.2, -0.15) is 0 Å². The second kappa shape index (κ2) is 4.99. The number of hydrogen-bond donors (Lipinski definition) is 2. The molecule has 4 nitrogen and oxygen atoms in total. The molecule has 0 aliphatic rings. The third-order valence-corrected chi connectivity index (χ3v) is 2.72. The third-order valence-electron chi connectivity index (χ3n) is 2.72. The molecule has 1 aromatic carbocycles. The Morgan fingerprint density at radius 3 is 2.29 bits per heavy atom. The molecule has 0 radical (unpaired) electrons. The van der Waals surface area contributed by atoms with E-state index in [0.717, 1.165) is 0 Å². The van der Waals surface area contributed by atoms with Crippen molar-refractivity contribution in [2.24, 2.45) is 0 Å². The highest BCUT2D eigenvalue weighted by molar-refractivity contribution is 6.41. The van der Waals surface area contributed by atoms with Gasteiger partial charge in [0, 0.05) is 0 Å². The van der Waals surface area contributed by atoms with E-state index in [1.807, 2.05) is 20.8 Å². The fourth-order valence-electron chi connectivity index (χ4n) is 1.76. The molecule has 0 heterocycles. The fraction of sp³-hybridized carbons (Fsp3) is 0.385. The van der Waals surface area contributed by atoms with Gasteiger partial charge in [0.25, 0.3) is 5.78 Å². The second-order valence-corrected chi connectivity index (χ2v) is 4.18. The number of carbonyl (C=O) groups excluding carboxylic acids is 1. The molecule has 1 aromatic rings. The number of aliphatic carboxylic acids is 1. The van der Waals surface area contributed by atoms with Gasteiger partial charge in [-0.05, 0) is 23.5 Å². The van der Waals surface area contributed by atoms with E-state index in [4.69, 9.17) is 5.11 Å². The fourth-order valence-corrected chi connectivity index (χ4v) is 1.76. The van der Waals surface area contributed by atoms with Crippen molar-refractivity contribution in [3.8, 4) is 5.75 Å². The van der Waals surface area contributed by atoms with Crippen LogP contribution in [0.3, 0.4) is 0 Å². The summed E-state index contributed by atoms with van der Waals surface area (Å²) in [6.45, 7) is 5.52.